The Labute approximate surface area is 203 Å². The van der Waals surface area contributed by atoms with E-state index in [0.717, 1.165) is 79.9 Å². The zero-order valence-corrected chi connectivity index (χ0v) is 21.4. The van der Waals surface area contributed by atoms with Crippen LogP contribution in [0.1, 0.15) is 70.1 Å². The smallest absolute Gasteiger partial charge is 0.309 e. The summed E-state index contributed by atoms with van der Waals surface area (Å²) in [6, 6.07) is 7.90. The molecule has 2 fully saturated rings. The van der Waals surface area contributed by atoms with Gasteiger partial charge in [-0.25, -0.2) is 0 Å². The van der Waals surface area contributed by atoms with E-state index in [4.69, 9.17) is 23.3 Å². The van der Waals surface area contributed by atoms with Crippen LogP contribution in [0.15, 0.2) is 28.8 Å². The summed E-state index contributed by atoms with van der Waals surface area (Å²) in [4.78, 5) is 12.3. The lowest BCUT2D eigenvalue weighted by atomic mass is 9.89. The van der Waals surface area contributed by atoms with Gasteiger partial charge in [-0.15, -0.1) is 0 Å². The molecule has 0 amide bonds. The summed E-state index contributed by atoms with van der Waals surface area (Å²) in [6.45, 7) is 6.89. The van der Waals surface area contributed by atoms with Gasteiger partial charge in [-0.2, -0.15) is 0 Å². The van der Waals surface area contributed by atoms with Crippen molar-refractivity contribution in [3.63, 3.8) is 0 Å². The van der Waals surface area contributed by atoms with Crippen LogP contribution in [0.4, 0.5) is 0 Å². The van der Waals surface area contributed by atoms with Crippen molar-refractivity contribution in [1.29, 1.82) is 0 Å². The van der Waals surface area contributed by atoms with Crippen molar-refractivity contribution in [1.82, 2.24) is 5.16 Å². The highest BCUT2D eigenvalue weighted by Crippen LogP contribution is 2.38. The minimum absolute atomic E-state index is 0.00559. The molecule has 0 radical (unpaired) electrons. The fourth-order valence-electron chi connectivity index (χ4n) is 4.47. The zero-order chi connectivity index (χ0) is 23.9. The molecule has 1 aliphatic heterocycles. The van der Waals surface area contributed by atoms with Crippen LogP contribution in [0.2, 0.25) is 0 Å². The highest BCUT2D eigenvalue weighted by Gasteiger charge is 2.29. The van der Waals surface area contributed by atoms with Crippen molar-refractivity contribution in [3.05, 3.63) is 35.5 Å². The molecule has 1 aromatic carbocycles. The molecule has 34 heavy (non-hydrogen) atoms. The maximum atomic E-state index is 12.3. The predicted molar refractivity (Wildman–Crippen MR) is 131 cm³/mol. The molecule has 1 saturated carbocycles. The summed E-state index contributed by atoms with van der Waals surface area (Å²) in [5.74, 6) is 1.47. The van der Waals surface area contributed by atoms with Gasteiger partial charge in [0.2, 0.25) is 0 Å². The molecule has 1 aliphatic carbocycles. The van der Waals surface area contributed by atoms with Gasteiger partial charge < -0.3 is 23.3 Å². The second-order valence-electron chi connectivity index (χ2n) is 9.47. The molecule has 2 heterocycles. The van der Waals surface area contributed by atoms with Crippen molar-refractivity contribution < 1.29 is 28.1 Å². The highest BCUT2D eigenvalue weighted by atomic mass is 31.1. The second-order valence-corrected chi connectivity index (χ2v) is 10.7. The lowest BCUT2D eigenvalue weighted by molar-refractivity contribution is -0.168. The fraction of sp³-hybridized carbons (Fsp3) is 0.615. The summed E-state index contributed by atoms with van der Waals surface area (Å²) in [7, 11) is 0.323. The Kier molecular flexibility index (Phi) is 8.98. The van der Waals surface area contributed by atoms with Crippen molar-refractivity contribution in [2.75, 3.05) is 6.61 Å². The average Bonchev–Trinajstić information content (AvgIpc) is 3.22. The van der Waals surface area contributed by atoms with Gasteiger partial charge in [-0.3, -0.25) is 4.79 Å². The van der Waals surface area contributed by atoms with E-state index in [0.29, 0.717) is 21.1 Å². The molecule has 1 aromatic heterocycles. The van der Waals surface area contributed by atoms with Crippen LogP contribution in [0.5, 0.6) is 5.75 Å². The molecule has 2 unspecified atom stereocenters. The van der Waals surface area contributed by atoms with Gasteiger partial charge in [0.05, 0.1) is 33.1 Å². The van der Waals surface area contributed by atoms with E-state index in [9.17, 15) is 4.79 Å². The monoisotopic (exact) mass is 489 g/mol. The maximum absolute atomic E-state index is 12.3. The lowest BCUT2D eigenvalue weighted by Gasteiger charge is -2.28. The van der Waals surface area contributed by atoms with Gasteiger partial charge in [-0.1, -0.05) is 11.6 Å². The van der Waals surface area contributed by atoms with Gasteiger partial charge >= 0.3 is 5.97 Å². The van der Waals surface area contributed by atoms with E-state index in [1.807, 2.05) is 45.0 Å². The van der Waals surface area contributed by atoms with E-state index < -0.39 is 0 Å². The number of aryl methyl sites for hydroxylation is 1. The van der Waals surface area contributed by atoms with Gasteiger partial charge in [0.25, 0.3) is 0 Å². The minimum Gasteiger partial charge on any atom is -0.477 e. The molecule has 2 aliphatic rings. The highest BCUT2D eigenvalue weighted by molar-refractivity contribution is 7.33. The number of hydrogen-bond donors (Lipinski definition) is 0. The first-order valence-electron chi connectivity index (χ1n) is 12.4. The fourth-order valence-corrected chi connectivity index (χ4v) is 5.61. The number of rotatable bonds is 9. The third-order valence-electron chi connectivity index (χ3n) is 6.36. The van der Waals surface area contributed by atoms with Crippen LogP contribution in [0.3, 0.4) is 0 Å². The van der Waals surface area contributed by atoms with Crippen molar-refractivity contribution >= 4 is 14.8 Å². The minimum atomic E-state index is -0.153. The first-order valence-corrected chi connectivity index (χ1v) is 13.4. The molecule has 8 heteroatoms. The Morgan fingerprint density at radius 3 is 2.71 bits per heavy atom. The van der Waals surface area contributed by atoms with Crippen molar-refractivity contribution in [2.45, 2.75) is 90.4 Å². The maximum Gasteiger partial charge on any atom is 0.309 e. The first-order chi connectivity index (χ1) is 16.5. The van der Waals surface area contributed by atoms with Crippen LogP contribution < -0.4 is 4.52 Å². The number of hydrogen-bond acceptors (Lipinski definition) is 7. The first kappa shape index (κ1) is 25.2. The van der Waals surface area contributed by atoms with Crippen molar-refractivity contribution in [2.24, 2.45) is 5.92 Å². The summed E-state index contributed by atoms with van der Waals surface area (Å²) in [6.07, 6.45) is 6.82. The zero-order valence-electron chi connectivity index (χ0n) is 20.4. The third-order valence-corrected chi connectivity index (χ3v) is 7.57. The van der Waals surface area contributed by atoms with E-state index in [1.54, 1.807) is 0 Å². The molecule has 2 aromatic rings. The number of ether oxygens (including phenoxy) is 3. The molecule has 0 N–H and O–H groups in total. The van der Waals surface area contributed by atoms with E-state index in [2.05, 4.69) is 5.16 Å². The summed E-state index contributed by atoms with van der Waals surface area (Å²) in [5.41, 5.74) is 3.11. The molecule has 7 nitrogen and oxygen atoms in total. The quantitative estimate of drug-likeness (QED) is 0.307. The van der Waals surface area contributed by atoms with Gasteiger partial charge in [0, 0.05) is 23.4 Å². The van der Waals surface area contributed by atoms with Crippen LogP contribution in [-0.2, 0) is 25.6 Å². The molecule has 186 valence electrons. The second kappa shape index (κ2) is 12.1. The van der Waals surface area contributed by atoms with Crippen LogP contribution in [0.25, 0.3) is 11.3 Å². The molecule has 0 spiro atoms. The molecule has 0 bridgehead atoms. The number of nitrogens with zero attached hydrogens (tertiary/aromatic N) is 1. The Hall–Kier alpha value is -1.95. The molecular weight excluding hydrogens is 453 g/mol. The molecule has 1 saturated heterocycles. The Morgan fingerprint density at radius 2 is 1.97 bits per heavy atom. The molecular formula is C26H36NO6P. The summed E-state index contributed by atoms with van der Waals surface area (Å²) < 4.78 is 28.8. The van der Waals surface area contributed by atoms with E-state index >= 15 is 0 Å². The SMILES string of the molecule is Cc1noc(-c2ccc(OP[C@H]3CCC[C@H](C(=O)OC(C)C)C3)cc2)c1COC1CCCCO1. The van der Waals surface area contributed by atoms with Crippen LogP contribution >= 0.6 is 8.81 Å². The van der Waals surface area contributed by atoms with E-state index in [-0.39, 0.29) is 24.3 Å². The molecule has 4 atom stereocenters. The van der Waals surface area contributed by atoms with Gasteiger partial charge in [0.1, 0.15) is 5.75 Å². The topological polar surface area (TPSA) is 80.0 Å². The largest absolute Gasteiger partial charge is 0.477 e. The standard InChI is InChI=1S/C26H36NO6P/c1-17(2)31-26(28)20-7-6-8-22(15-20)34-33-21-12-10-19(11-13-21)25-23(18(3)27-32-25)16-30-24-9-4-5-14-29-24/h10-13,17,20,22,24,34H,4-9,14-16H2,1-3H3/t20-,22-,24?/m0/s1. The third kappa shape index (κ3) is 6.80. The normalized spacial score (nSPS) is 23.5. The molecule has 4 rings (SSSR count). The van der Waals surface area contributed by atoms with Crippen LogP contribution in [-0.4, -0.2) is 35.8 Å². The number of carbonyl (C=O) groups is 1. The number of esters is 1. The van der Waals surface area contributed by atoms with Crippen molar-refractivity contribution in [3.8, 4) is 17.1 Å². The summed E-state index contributed by atoms with van der Waals surface area (Å²) >= 11 is 0. The van der Waals surface area contributed by atoms with Gasteiger partial charge in [0.15, 0.2) is 12.1 Å². The Bertz CT molecular complexity index is 922. The number of aromatic nitrogens is 1. The van der Waals surface area contributed by atoms with E-state index in [1.165, 1.54) is 0 Å². The predicted octanol–water partition coefficient (Wildman–Crippen LogP) is 6.18. The van der Waals surface area contributed by atoms with Gasteiger partial charge in [-0.05, 0) is 83.6 Å². The van der Waals surface area contributed by atoms with Crippen LogP contribution in [0, 0.1) is 12.8 Å². The average molecular weight is 490 g/mol. The summed E-state index contributed by atoms with van der Waals surface area (Å²) in [5, 5.41) is 4.15. The number of carbonyl (C=O) groups excluding carboxylic acids is 1. The number of benzene rings is 1. The Balaban J connectivity index is 1.31. The lowest BCUT2D eigenvalue weighted by Crippen LogP contribution is -2.27. The Morgan fingerprint density at radius 1 is 1.15 bits per heavy atom.